The van der Waals surface area contributed by atoms with Crippen LogP contribution in [-0.4, -0.2) is 36.5 Å². The normalized spacial score (nSPS) is 12.1. The Kier molecular flexibility index (Phi) is 4.59. The van der Waals surface area contributed by atoms with Crippen molar-refractivity contribution in [2.45, 2.75) is 39.9 Å². The van der Waals surface area contributed by atoms with Gasteiger partial charge in [-0.2, -0.15) is 10.2 Å². The predicted octanol–water partition coefficient (Wildman–Crippen LogP) is 0.984. The highest BCUT2D eigenvalue weighted by atomic mass is 16.4. The van der Waals surface area contributed by atoms with E-state index in [4.69, 9.17) is 5.11 Å². The summed E-state index contributed by atoms with van der Waals surface area (Å²) < 4.78 is 3.03. The lowest BCUT2D eigenvalue weighted by Gasteiger charge is -2.12. The lowest BCUT2D eigenvalue weighted by atomic mass is 10.1. The maximum absolute atomic E-state index is 12.2. The van der Waals surface area contributed by atoms with E-state index in [1.807, 2.05) is 31.6 Å². The number of hydrogen-bond acceptors (Lipinski definition) is 4. The highest BCUT2D eigenvalue weighted by molar-refractivity contribution is 5.94. The smallest absolute Gasteiger partial charge is 0.325 e. The molecule has 1 amide bonds. The Morgan fingerprint density at radius 2 is 2.09 bits per heavy atom. The molecule has 0 saturated heterocycles. The Hall–Kier alpha value is -2.64. The van der Waals surface area contributed by atoms with Crippen molar-refractivity contribution in [1.82, 2.24) is 24.9 Å². The molecular formula is C14H19N5O3. The van der Waals surface area contributed by atoms with Gasteiger partial charge in [-0.1, -0.05) is 0 Å². The number of hydrogen-bond donors (Lipinski definition) is 2. The van der Waals surface area contributed by atoms with E-state index >= 15 is 0 Å². The summed E-state index contributed by atoms with van der Waals surface area (Å²) in [5.74, 6) is -1.31. The first-order valence-corrected chi connectivity index (χ1v) is 6.99. The predicted molar refractivity (Wildman–Crippen MR) is 78.4 cm³/mol. The van der Waals surface area contributed by atoms with Crippen LogP contribution in [0.3, 0.4) is 0 Å². The number of amides is 1. The molecule has 22 heavy (non-hydrogen) atoms. The summed E-state index contributed by atoms with van der Waals surface area (Å²) in [4.78, 5) is 22.8. The third-order valence-corrected chi connectivity index (χ3v) is 3.32. The summed E-state index contributed by atoms with van der Waals surface area (Å²) in [6.07, 6.45) is 4.68. The molecule has 0 aromatic carbocycles. The van der Waals surface area contributed by atoms with Crippen molar-refractivity contribution in [1.29, 1.82) is 0 Å². The SMILES string of the molecule is CCn1cc(C(C)NC(=O)c2cnn(CC(=O)O)c2)c(C)n1. The summed E-state index contributed by atoms with van der Waals surface area (Å²) in [7, 11) is 0. The average Bonchev–Trinajstić information content (AvgIpc) is 3.04. The summed E-state index contributed by atoms with van der Waals surface area (Å²) in [5, 5.41) is 19.8. The van der Waals surface area contributed by atoms with Gasteiger partial charge in [0.15, 0.2) is 0 Å². The van der Waals surface area contributed by atoms with Gasteiger partial charge in [-0.3, -0.25) is 19.0 Å². The summed E-state index contributed by atoms with van der Waals surface area (Å²) in [5.41, 5.74) is 2.15. The fourth-order valence-corrected chi connectivity index (χ4v) is 2.18. The lowest BCUT2D eigenvalue weighted by Crippen LogP contribution is -2.26. The molecule has 0 saturated carbocycles. The number of aryl methyl sites for hydroxylation is 2. The summed E-state index contributed by atoms with van der Waals surface area (Å²) >= 11 is 0. The Balaban J connectivity index is 2.05. The number of aliphatic carboxylic acids is 1. The molecule has 0 radical (unpaired) electrons. The highest BCUT2D eigenvalue weighted by Crippen LogP contribution is 2.16. The van der Waals surface area contributed by atoms with Crippen LogP contribution in [0.2, 0.25) is 0 Å². The Labute approximate surface area is 127 Å². The van der Waals surface area contributed by atoms with Crippen LogP contribution in [0.25, 0.3) is 0 Å². The second-order valence-corrected chi connectivity index (χ2v) is 5.04. The van der Waals surface area contributed by atoms with Crippen LogP contribution in [0, 0.1) is 6.92 Å². The molecule has 8 nitrogen and oxygen atoms in total. The van der Waals surface area contributed by atoms with E-state index in [0.29, 0.717) is 5.56 Å². The van der Waals surface area contributed by atoms with E-state index in [9.17, 15) is 9.59 Å². The number of carbonyl (C=O) groups excluding carboxylic acids is 1. The molecule has 8 heteroatoms. The molecule has 1 atom stereocenters. The average molecular weight is 305 g/mol. The minimum Gasteiger partial charge on any atom is -0.480 e. The van der Waals surface area contributed by atoms with Gasteiger partial charge in [0.1, 0.15) is 6.54 Å². The second kappa shape index (κ2) is 6.42. The quantitative estimate of drug-likeness (QED) is 0.828. The molecule has 0 fully saturated rings. The van der Waals surface area contributed by atoms with E-state index in [1.165, 1.54) is 17.1 Å². The van der Waals surface area contributed by atoms with Crippen LogP contribution in [0.5, 0.6) is 0 Å². The minimum absolute atomic E-state index is 0.198. The molecule has 118 valence electrons. The molecule has 2 heterocycles. The number of aromatic nitrogens is 4. The zero-order valence-corrected chi connectivity index (χ0v) is 12.8. The molecular weight excluding hydrogens is 286 g/mol. The van der Waals surface area contributed by atoms with Gasteiger partial charge in [-0.25, -0.2) is 0 Å². The molecule has 0 aliphatic carbocycles. The fraction of sp³-hybridized carbons (Fsp3) is 0.429. The largest absolute Gasteiger partial charge is 0.480 e. The van der Waals surface area contributed by atoms with Crippen LogP contribution in [0.1, 0.15) is 41.5 Å². The number of nitrogens with zero attached hydrogens (tertiary/aromatic N) is 4. The van der Waals surface area contributed by atoms with Crippen molar-refractivity contribution in [3.8, 4) is 0 Å². The summed E-state index contributed by atoms with van der Waals surface area (Å²) in [6, 6.07) is -0.198. The van der Waals surface area contributed by atoms with Crippen LogP contribution in [-0.2, 0) is 17.9 Å². The van der Waals surface area contributed by atoms with E-state index in [2.05, 4.69) is 15.5 Å². The number of nitrogens with one attached hydrogen (secondary N) is 1. The van der Waals surface area contributed by atoms with Crippen LogP contribution in [0.15, 0.2) is 18.6 Å². The van der Waals surface area contributed by atoms with Gasteiger partial charge in [0, 0.05) is 24.5 Å². The van der Waals surface area contributed by atoms with Crippen molar-refractivity contribution >= 4 is 11.9 Å². The minimum atomic E-state index is -1.01. The van der Waals surface area contributed by atoms with E-state index in [-0.39, 0.29) is 18.5 Å². The monoisotopic (exact) mass is 305 g/mol. The van der Waals surface area contributed by atoms with E-state index in [1.54, 1.807) is 0 Å². The van der Waals surface area contributed by atoms with Crippen LogP contribution in [0.4, 0.5) is 0 Å². The van der Waals surface area contributed by atoms with Crippen molar-refractivity contribution in [3.63, 3.8) is 0 Å². The van der Waals surface area contributed by atoms with Gasteiger partial charge >= 0.3 is 5.97 Å². The number of carboxylic acid groups (broad SMARTS) is 1. The Morgan fingerprint density at radius 3 is 2.68 bits per heavy atom. The number of rotatable bonds is 6. The van der Waals surface area contributed by atoms with Crippen molar-refractivity contribution in [2.24, 2.45) is 0 Å². The van der Waals surface area contributed by atoms with E-state index < -0.39 is 5.97 Å². The first-order chi connectivity index (χ1) is 10.4. The van der Waals surface area contributed by atoms with Gasteiger partial charge in [0.25, 0.3) is 5.91 Å². The molecule has 2 aromatic heterocycles. The fourth-order valence-electron chi connectivity index (χ4n) is 2.18. The standard InChI is InChI=1S/C14H19N5O3/c1-4-18-7-12(10(3)17-18)9(2)16-14(22)11-5-15-19(6-11)8-13(20)21/h5-7,9H,4,8H2,1-3H3,(H,16,22)(H,20,21). The van der Waals surface area contributed by atoms with Gasteiger partial charge in [-0.15, -0.1) is 0 Å². The van der Waals surface area contributed by atoms with Crippen molar-refractivity contribution in [3.05, 3.63) is 35.4 Å². The lowest BCUT2D eigenvalue weighted by molar-refractivity contribution is -0.137. The molecule has 0 aliphatic heterocycles. The molecule has 2 aromatic rings. The zero-order chi connectivity index (χ0) is 16.3. The Morgan fingerprint density at radius 1 is 1.36 bits per heavy atom. The van der Waals surface area contributed by atoms with Crippen molar-refractivity contribution in [2.75, 3.05) is 0 Å². The summed E-state index contributed by atoms with van der Waals surface area (Å²) in [6.45, 7) is 6.27. The van der Waals surface area contributed by atoms with Gasteiger partial charge in [-0.05, 0) is 20.8 Å². The number of carboxylic acids is 1. The van der Waals surface area contributed by atoms with E-state index in [0.717, 1.165) is 17.8 Å². The number of carbonyl (C=O) groups is 2. The van der Waals surface area contributed by atoms with Gasteiger partial charge in [0.2, 0.25) is 0 Å². The topological polar surface area (TPSA) is 102 Å². The zero-order valence-electron chi connectivity index (χ0n) is 12.8. The third kappa shape index (κ3) is 3.51. The Bertz CT molecular complexity index is 688. The maximum Gasteiger partial charge on any atom is 0.325 e. The third-order valence-electron chi connectivity index (χ3n) is 3.32. The first-order valence-electron chi connectivity index (χ1n) is 6.99. The van der Waals surface area contributed by atoms with Crippen LogP contribution < -0.4 is 5.32 Å². The van der Waals surface area contributed by atoms with Gasteiger partial charge < -0.3 is 10.4 Å². The molecule has 2 N–H and O–H groups in total. The second-order valence-electron chi connectivity index (χ2n) is 5.04. The first kappa shape index (κ1) is 15.7. The molecule has 0 aliphatic rings. The molecule has 0 spiro atoms. The van der Waals surface area contributed by atoms with Gasteiger partial charge in [0.05, 0.1) is 23.5 Å². The molecule has 1 unspecified atom stereocenters. The molecule has 2 rings (SSSR count). The highest BCUT2D eigenvalue weighted by Gasteiger charge is 2.17. The molecule has 0 bridgehead atoms. The maximum atomic E-state index is 12.2. The van der Waals surface area contributed by atoms with Crippen molar-refractivity contribution < 1.29 is 14.7 Å². The van der Waals surface area contributed by atoms with Crippen LogP contribution >= 0.6 is 0 Å².